The van der Waals surface area contributed by atoms with E-state index in [0.717, 1.165) is 36.7 Å². The maximum absolute atomic E-state index is 12.5. The van der Waals surface area contributed by atoms with E-state index in [9.17, 15) is 14.9 Å². The van der Waals surface area contributed by atoms with E-state index in [1.54, 1.807) is 12.1 Å². The first-order valence-electron chi connectivity index (χ1n) is 8.52. The summed E-state index contributed by atoms with van der Waals surface area (Å²) in [6.45, 7) is 3.17. The van der Waals surface area contributed by atoms with Crippen molar-refractivity contribution in [2.24, 2.45) is 0 Å². The molecule has 1 aromatic heterocycles. The highest BCUT2D eigenvalue weighted by Crippen LogP contribution is 2.29. The number of carbonyl (C=O) groups is 1. The van der Waals surface area contributed by atoms with Crippen molar-refractivity contribution in [3.8, 4) is 0 Å². The number of fused-ring (bicyclic) bond motifs is 1. The van der Waals surface area contributed by atoms with Crippen molar-refractivity contribution in [3.63, 3.8) is 0 Å². The molecule has 0 saturated carbocycles. The van der Waals surface area contributed by atoms with Crippen molar-refractivity contribution in [3.05, 3.63) is 63.5 Å². The van der Waals surface area contributed by atoms with Crippen LogP contribution in [0.3, 0.4) is 0 Å². The Morgan fingerprint density at radius 2 is 1.85 bits per heavy atom. The Hall–Kier alpha value is -2.97. The monoisotopic (exact) mass is 383 g/mol. The van der Waals surface area contributed by atoms with Gasteiger partial charge in [0.2, 0.25) is 0 Å². The van der Waals surface area contributed by atoms with E-state index in [4.69, 9.17) is 4.74 Å². The number of carbonyl (C=O) groups excluding carboxylic acids is 1. The fraction of sp³-hybridized carbons (Fsp3) is 0.211. The van der Waals surface area contributed by atoms with Crippen LogP contribution in [0.15, 0.2) is 48.5 Å². The normalized spacial score (nSPS) is 14.3. The van der Waals surface area contributed by atoms with Crippen LogP contribution in [0, 0.1) is 10.1 Å². The molecule has 2 heterocycles. The topological polar surface area (TPSA) is 84.7 Å². The Balaban J connectivity index is 1.48. The summed E-state index contributed by atoms with van der Waals surface area (Å²) in [6, 6.07) is 14.0. The molecular formula is C19H17N3O4S. The summed E-state index contributed by atoms with van der Waals surface area (Å²) >= 11 is 1.31. The third kappa shape index (κ3) is 3.76. The van der Waals surface area contributed by atoms with Crippen LogP contribution >= 0.6 is 11.3 Å². The lowest BCUT2D eigenvalue weighted by Gasteiger charge is -2.28. The zero-order valence-electron chi connectivity index (χ0n) is 14.4. The number of rotatable bonds is 4. The minimum absolute atomic E-state index is 0.0194. The largest absolute Gasteiger partial charge is 0.378 e. The second-order valence-corrected chi connectivity index (χ2v) is 7.27. The van der Waals surface area contributed by atoms with Gasteiger partial charge >= 0.3 is 0 Å². The molecular weight excluding hydrogens is 366 g/mol. The first kappa shape index (κ1) is 17.4. The molecule has 4 rings (SSSR count). The van der Waals surface area contributed by atoms with Crippen molar-refractivity contribution in [1.82, 2.24) is 0 Å². The van der Waals surface area contributed by atoms with Crippen LogP contribution in [0.25, 0.3) is 10.1 Å². The van der Waals surface area contributed by atoms with Crippen LogP contribution in [0.1, 0.15) is 9.67 Å². The Labute approximate surface area is 159 Å². The standard InChI is InChI=1S/C19H17N3O4S/c23-19(18-12-13-11-16(22(24)25)5-6-17(13)27-18)20-14-1-3-15(4-2-14)21-7-9-26-10-8-21/h1-6,11-12H,7-10H2,(H,20,23). The van der Waals surface area contributed by atoms with Gasteiger partial charge in [0, 0.05) is 46.7 Å². The number of nitrogens with zero attached hydrogens (tertiary/aromatic N) is 2. The first-order chi connectivity index (χ1) is 13.1. The van der Waals surface area contributed by atoms with Crippen molar-refractivity contribution in [2.75, 3.05) is 36.5 Å². The molecule has 7 nitrogen and oxygen atoms in total. The molecule has 0 atom stereocenters. The molecule has 0 unspecified atom stereocenters. The molecule has 0 radical (unpaired) electrons. The van der Waals surface area contributed by atoms with E-state index in [-0.39, 0.29) is 11.6 Å². The molecule has 27 heavy (non-hydrogen) atoms. The predicted octanol–water partition coefficient (Wildman–Crippen LogP) is 3.90. The lowest BCUT2D eigenvalue weighted by Crippen LogP contribution is -2.36. The molecule has 1 amide bonds. The number of hydrogen-bond donors (Lipinski definition) is 1. The van der Waals surface area contributed by atoms with Gasteiger partial charge in [0.15, 0.2) is 0 Å². The maximum Gasteiger partial charge on any atom is 0.270 e. The molecule has 1 aliphatic rings. The number of morpholine rings is 1. The van der Waals surface area contributed by atoms with Gasteiger partial charge in [0.25, 0.3) is 11.6 Å². The zero-order chi connectivity index (χ0) is 18.8. The number of benzene rings is 2. The fourth-order valence-corrected chi connectivity index (χ4v) is 3.96. The molecule has 3 aromatic rings. The lowest BCUT2D eigenvalue weighted by molar-refractivity contribution is -0.384. The van der Waals surface area contributed by atoms with Crippen LogP contribution in [0.4, 0.5) is 17.1 Å². The molecule has 0 spiro atoms. The van der Waals surface area contributed by atoms with Crippen LogP contribution in [0.2, 0.25) is 0 Å². The van der Waals surface area contributed by atoms with E-state index < -0.39 is 4.92 Å². The lowest BCUT2D eigenvalue weighted by atomic mass is 10.2. The number of nitro groups is 1. The minimum atomic E-state index is -0.438. The Morgan fingerprint density at radius 1 is 1.11 bits per heavy atom. The number of thiophene rings is 1. The number of amides is 1. The molecule has 1 fully saturated rings. The highest BCUT2D eigenvalue weighted by atomic mass is 32.1. The van der Waals surface area contributed by atoms with Crippen molar-refractivity contribution >= 4 is 44.4 Å². The molecule has 0 aliphatic carbocycles. The Morgan fingerprint density at radius 3 is 2.56 bits per heavy atom. The second kappa shape index (κ2) is 7.34. The van der Waals surface area contributed by atoms with Crippen LogP contribution in [0.5, 0.6) is 0 Å². The summed E-state index contributed by atoms with van der Waals surface area (Å²) in [6.07, 6.45) is 0. The molecule has 0 bridgehead atoms. The Bertz CT molecular complexity index is 994. The molecule has 2 aromatic carbocycles. The van der Waals surface area contributed by atoms with Gasteiger partial charge in [-0.25, -0.2) is 0 Å². The predicted molar refractivity (Wildman–Crippen MR) is 106 cm³/mol. The van der Waals surface area contributed by atoms with Gasteiger partial charge < -0.3 is 15.0 Å². The van der Waals surface area contributed by atoms with Gasteiger partial charge in [-0.15, -0.1) is 11.3 Å². The van der Waals surface area contributed by atoms with Crippen LogP contribution in [-0.4, -0.2) is 37.1 Å². The van der Waals surface area contributed by atoms with Gasteiger partial charge in [-0.2, -0.15) is 0 Å². The van der Waals surface area contributed by atoms with E-state index in [0.29, 0.717) is 16.0 Å². The quantitative estimate of drug-likeness (QED) is 0.546. The number of nitro benzene ring substituents is 1. The summed E-state index contributed by atoms with van der Waals surface area (Å²) in [4.78, 5) is 25.7. The summed E-state index contributed by atoms with van der Waals surface area (Å²) in [5, 5.41) is 14.5. The average molecular weight is 383 g/mol. The number of ether oxygens (including phenoxy) is 1. The van der Waals surface area contributed by atoms with Gasteiger partial charge in [0.05, 0.1) is 23.0 Å². The fourth-order valence-electron chi connectivity index (χ4n) is 3.03. The van der Waals surface area contributed by atoms with E-state index in [2.05, 4.69) is 10.2 Å². The molecule has 138 valence electrons. The first-order valence-corrected chi connectivity index (χ1v) is 9.34. The highest BCUT2D eigenvalue weighted by molar-refractivity contribution is 7.20. The molecule has 1 saturated heterocycles. The third-order valence-electron chi connectivity index (χ3n) is 4.44. The van der Waals surface area contributed by atoms with Gasteiger partial charge in [-0.05, 0) is 36.4 Å². The number of non-ortho nitro benzene ring substituents is 1. The maximum atomic E-state index is 12.5. The second-order valence-electron chi connectivity index (χ2n) is 6.19. The number of anilines is 2. The molecule has 8 heteroatoms. The summed E-state index contributed by atoms with van der Waals surface area (Å²) in [7, 11) is 0. The minimum Gasteiger partial charge on any atom is -0.378 e. The van der Waals surface area contributed by atoms with Crippen molar-refractivity contribution < 1.29 is 14.5 Å². The van der Waals surface area contributed by atoms with E-state index in [1.165, 1.54) is 23.5 Å². The smallest absolute Gasteiger partial charge is 0.270 e. The van der Waals surface area contributed by atoms with Crippen LogP contribution < -0.4 is 10.2 Å². The van der Waals surface area contributed by atoms with Crippen molar-refractivity contribution in [1.29, 1.82) is 0 Å². The molecule has 1 N–H and O–H groups in total. The van der Waals surface area contributed by atoms with E-state index >= 15 is 0 Å². The van der Waals surface area contributed by atoms with Gasteiger partial charge in [-0.1, -0.05) is 0 Å². The highest BCUT2D eigenvalue weighted by Gasteiger charge is 2.14. The van der Waals surface area contributed by atoms with E-state index in [1.807, 2.05) is 24.3 Å². The summed E-state index contributed by atoms with van der Waals surface area (Å²) < 4.78 is 6.20. The zero-order valence-corrected chi connectivity index (χ0v) is 15.2. The summed E-state index contributed by atoms with van der Waals surface area (Å²) in [5.74, 6) is -0.224. The average Bonchev–Trinajstić information content (AvgIpc) is 3.13. The van der Waals surface area contributed by atoms with Crippen molar-refractivity contribution in [2.45, 2.75) is 0 Å². The van der Waals surface area contributed by atoms with Gasteiger partial charge in [-0.3, -0.25) is 14.9 Å². The van der Waals surface area contributed by atoms with Crippen LogP contribution in [-0.2, 0) is 4.74 Å². The van der Waals surface area contributed by atoms with Gasteiger partial charge in [0.1, 0.15) is 0 Å². The molecule has 1 aliphatic heterocycles. The number of hydrogen-bond acceptors (Lipinski definition) is 6. The SMILES string of the molecule is O=C(Nc1ccc(N2CCOCC2)cc1)c1cc2cc([N+](=O)[O-])ccc2s1. The number of nitrogens with one attached hydrogen (secondary N) is 1. The Kier molecular flexibility index (Phi) is 4.74. The third-order valence-corrected chi connectivity index (χ3v) is 5.55. The summed E-state index contributed by atoms with van der Waals surface area (Å²) in [5.41, 5.74) is 1.83.